The summed E-state index contributed by atoms with van der Waals surface area (Å²) in [4.78, 5) is 2.58. The Morgan fingerprint density at radius 1 is 1.20 bits per heavy atom. The van der Waals surface area contributed by atoms with Gasteiger partial charge in [-0.1, -0.05) is 46.0 Å². The van der Waals surface area contributed by atoms with Gasteiger partial charge in [0, 0.05) is 19.1 Å². The van der Waals surface area contributed by atoms with E-state index in [1.54, 1.807) is 0 Å². The summed E-state index contributed by atoms with van der Waals surface area (Å²) in [5, 5.41) is 3.71. The van der Waals surface area contributed by atoms with Crippen LogP contribution in [0.15, 0.2) is 0 Å². The van der Waals surface area contributed by atoms with Crippen LogP contribution in [-0.4, -0.2) is 49.8 Å². The van der Waals surface area contributed by atoms with Gasteiger partial charge in [-0.15, -0.1) is 0 Å². The fourth-order valence-electron chi connectivity index (χ4n) is 3.91. The molecule has 1 heterocycles. The van der Waals surface area contributed by atoms with E-state index in [0.29, 0.717) is 12.1 Å². The molecule has 20 heavy (non-hydrogen) atoms. The predicted molar refractivity (Wildman–Crippen MR) is 85.1 cm³/mol. The van der Waals surface area contributed by atoms with Crippen molar-refractivity contribution in [3.8, 4) is 0 Å². The molecule has 0 spiro atoms. The highest BCUT2D eigenvalue weighted by Crippen LogP contribution is 2.28. The number of rotatable bonds is 7. The zero-order valence-electron chi connectivity index (χ0n) is 13.6. The molecule has 2 rings (SSSR count). The number of ether oxygens (including phenoxy) is 1. The Labute approximate surface area is 125 Å². The second-order valence-electron chi connectivity index (χ2n) is 6.61. The monoisotopic (exact) mass is 282 g/mol. The lowest BCUT2D eigenvalue weighted by Gasteiger charge is -2.39. The molecular formula is C17H34N2O. The topological polar surface area (TPSA) is 24.5 Å². The van der Waals surface area contributed by atoms with Crippen molar-refractivity contribution in [2.24, 2.45) is 5.92 Å². The highest BCUT2D eigenvalue weighted by Gasteiger charge is 2.29. The first-order chi connectivity index (χ1) is 9.83. The van der Waals surface area contributed by atoms with Gasteiger partial charge < -0.3 is 10.1 Å². The highest BCUT2D eigenvalue weighted by molar-refractivity contribution is 4.85. The van der Waals surface area contributed by atoms with Crippen LogP contribution in [0.25, 0.3) is 0 Å². The van der Waals surface area contributed by atoms with Crippen molar-refractivity contribution in [1.82, 2.24) is 10.2 Å². The number of hydrogen-bond donors (Lipinski definition) is 1. The largest absolute Gasteiger partial charge is 0.374 e. The maximum absolute atomic E-state index is 6.11. The zero-order chi connectivity index (χ0) is 14.2. The lowest BCUT2D eigenvalue weighted by Crippen LogP contribution is -2.53. The maximum atomic E-state index is 6.11. The molecule has 2 unspecified atom stereocenters. The summed E-state index contributed by atoms with van der Waals surface area (Å²) in [6.45, 7) is 9.93. The first-order valence-electron chi connectivity index (χ1n) is 8.90. The van der Waals surface area contributed by atoms with Crippen LogP contribution in [0.3, 0.4) is 0 Å². The Balaban J connectivity index is 1.85. The van der Waals surface area contributed by atoms with Gasteiger partial charge in [-0.3, -0.25) is 4.90 Å². The van der Waals surface area contributed by atoms with Crippen LogP contribution in [-0.2, 0) is 4.74 Å². The Kier molecular flexibility index (Phi) is 7.32. The van der Waals surface area contributed by atoms with Gasteiger partial charge in [0.1, 0.15) is 0 Å². The third-order valence-corrected chi connectivity index (χ3v) is 4.94. The fourth-order valence-corrected chi connectivity index (χ4v) is 3.91. The number of morpholine rings is 1. The minimum Gasteiger partial charge on any atom is -0.374 e. The summed E-state index contributed by atoms with van der Waals surface area (Å²) in [6.07, 6.45) is 10.2. The zero-order valence-corrected chi connectivity index (χ0v) is 13.6. The van der Waals surface area contributed by atoms with E-state index in [9.17, 15) is 0 Å². The lowest BCUT2D eigenvalue weighted by molar-refractivity contribution is -0.0504. The van der Waals surface area contributed by atoms with Crippen molar-refractivity contribution >= 4 is 0 Å². The van der Waals surface area contributed by atoms with Crippen LogP contribution in [0.4, 0.5) is 0 Å². The van der Waals surface area contributed by atoms with Crippen LogP contribution in [0.2, 0.25) is 0 Å². The van der Waals surface area contributed by atoms with Gasteiger partial charge in [0.05, 0.1) is 12.7 Å². The summed E-state index contributed by atoms with van der Waals surface area (Å²) < 4.78 is 6.11. The molecule has 0 aromatic heterocycles. The molecule has 0 amide bonds. The summed E-state index contributed by atoms with van der Waals surface area (Å²) in [5.41, 5.74) is 0. The molecule has 0 aromatic rings. The van der Waals surface area contributed by atoms with Crippen molar-refractivity contribution in [3.05, 3.63) is 0 Å². The van der Waals surface area contributed by atoms with Gasteiger partial charge >= 0.3 is 0 Å². The number of likely N-dealkylation sites (N-methyl/N-ethyl adjacent to an activating group) is 1. The molecule has 1 aliphatic carbocycles. The van der Waals surface area contributed by atoms with Crippen LogP contribution >= 0.6 is 0 Å². The second kappa shape index (κ2) is 9.01. The fraction of sp³-hybridized carbons (Fsp3) is 1.00. The average molecular weight is 282 g/mol. The number of nitrogens with zero attached hydrogens (tertiary/aromatic N) is 1. The maximum Gasteiger partial charge on any atom is 0.0855 e. The summed E-state index contributed by atoms with van der Waals surface area (Å²) in [5.74, 6) is 0.929. The Hall–Kier alpha value is -0.120. The number of nitrogens with one attached hydrogen (secondary N) is 1. The van der Waals surface area contributed by atoms with Crippen LogP contribution in [0.5, 0.6) is 0 Å². The summed E-state index contributed by atoms with van der Waals surface area (Å²) in [7, 11) is 0. The van der Waals surface area contributed by atoms with Crippen LogP contribution in [0.1, 0.15) is 58.8 Å². The molecule has 1 aliphatic heterocycles. The molecule has 3 heteroatoms. The third kappa shape index (κ3) is 5.01. The van der Waals surface area contributed by atoms with Gasteiger partial charge in [-0.05, 0) is 31.8 Å². The first kappa shape index (κ1) is 16.3. The predicted octanol–water partition coefficient (Wildman–Crippen LogP) is 3.05. The minimum atomic E-state index is 0.400. The standard InChI is InChI=1S/C17H34N2O/c1-3-10-19-11-12-20-17(14-19)16(18-4-2)13-15-8-6-5-7-9-15/h15-18H,3-14H2,1-2H3. The molecule has 1 N–H and O–H groups in total. The molecule has 3 nitrogen and oxygen atoms in total. The molecule has 1 saturated carbocycles. The molecule has 2 atom stereocenters. The lowest BCUT2D eigenvalue weighted by atomic mass is 9.83. The Morgan fingerprint density at radius 2 is 2.00 bits per heavy atom. The third-order valence-electron chi connectivity index (χ3n) is 4.94. The quantitative estimate of drug-likeness (QED) is 0.777. The van der Waals surface area contributed by atoms with E-state index >= 15 is 0 Å². The SMILES string of the molecule is CCCN1CCOC(C(CC2CCCCC2)NCC)C1. The van der Waals surface area contributed by atoms with E-state index in [1.165, 1.54) is 51.5 Å². The highest BCUT2D eigenvalue weighted by atomic mass is 16.5. The first-order valence-corrected chi connectivity index (χ1v) is 8.90. The molecular weight excluding hydrogens is 248 g/mol. The van der Waals surface area contributed by atoms with Gasteiger partial charge in [-0.25, -0.2) is 0 Å². The minimum absolute atomic E-state index is 0.400. The van der Waals surface area contributed by atoms with E-state index in [4.69, 9.17) is 4.74 Å². The van der Waals surface area contributed by atoms with Crippen LogP contribution in [0, 0.1) is 5.92 Å². The number of hydrogen-bond acceptors (Lipinski definition) is 3. The van der Waals surface area contributed by atoms with E-state index < -0.39 is 0 Å². The van der Waals surface area contributed by atoms with Crippen LogP contribution < -0.4 is 5.32 Å². The molecule has 0 radical (unpaired) electrons. The Morgan fingerprint density at radius 3 is 2.70 bits per heavy atom. The van der Waals surface area contributed by atoms with E-state index in [1.807, 2.05) is 0 Å². The van der Waals surface area contributed by atoms with Gasteiger partial charge in [0.25, 0.3) is 0 Å². The molecule has 118 valence electrons. The van der Waals surface area contributed by atoms with Crippen molar-refractivity contribution < 1.29 is 4.74 Å². The second-order valence-corrected chi connectivity index (χ2v) is 6.61. The molecule has 2 fully saturated rings. The molecule has 1 saturated heterocycles. The average Bonchev–Trinajstić information content (AvgIpc) is 2.49. The summed E-state index contributed by atoms with van der Waals surface area (Å²) >= 11 is 0. The van der Waals surface area contributed by atoms with Crippen molar-refractivity contribution in [2.45, 2.75) is 70.9 Å². The molecule has 2 aliphatic rings. The molecule has 0 aromatic carbocycles. The Bertz CT molecular complexity index is 251. The summed E-state index contributed by atoms with van der Waals surface area (Å²) in [6, 6.07) is 0.558. The van der Waals surface area contributed by atoms with Gasteiger partial charge in [0.15, 0.2) is 0 Å². The van der Waals surface area contributed by atoms with E-state index in [-0.39, 0.29) is 0 Å². The van der Waals surface area contributed by atoms with Gasteiger partial charge in [-0.2, -0.15) is 0 Å². The van der Waals surface area contributed by atoms with E-state index in [0.717, 1.165) is 32.2 Å². The smallest absolute Gasteiger partial charge is 0.0855 e. The molecule has 0 bridgehead atoms. The van der Waals surface area contributed by atoms with E-state index in [2.05, 4.69) is 24.1 Å². The normalized spacial score (nSPS) is 27.6. The van der Waals surface area contributed by atoms with Crippen molar-refractivity contribution in [1.29, 1.82) is 0 Å². The van der Waals surface area contributed by atoms with Crippen molar-refractivity contribution in [2.75, 3.05) is 32.8 Å². The van der Waals surface area contributed by atoms with Gasteiger partial charge in [0.2, 0.25) is 0 Å². The van der Waals surface area contributed by atoms with Crippen molar-refractivity contribution in [3.63, 3.8) is 0 Å².